The number of carbonyl (C=O) groups is 1. The predicted molar refractivity (Wildman–Crippen MR) is 99.5 cm³/mol. The third kappa shape index (κ3) is 2.95. The van der Waals surface area contributed by atoms with E-state index < -0.39 is 5.91 Å². The van der Waals surface area contributed by atoms with E-state index in [0.29, 0.717) is 48.7 Å². The highest BCUT2D eigenvalue weighted by molar-refractivity contribution is 6.02. The van der Waals surface area contributed by atoms with Gasteiger partial charge in [-0.3, -0.25) is 9.59 Å². The summed E-state index contributed by atoms with van der Waals surface area (Å²) < 4.78 is 11.5. The summed E-state index contributed by atoms with van der Waals surface area (Å²) in [4.78, 5) is 26.4. The topological polar surface area (TPSA) is 85.8 Å². The van der Waals surface area contributed by atoms with Crippen molar-refractivity contribution in [3.8, 4) is 11.1 Å². The maximum atomic E-state index is 12.7. The molecule has 6 heteroatoms. The molecule has 0 radical (unpaired) electrons. The van der Waals surface area contributed by atoms with E-state index in [9.17, 15) is 9.59 Å². The van der Waals surface area contributed by atoms with Gasteiger partial charge < -0.3 is 19.8 Å². The van der Waals surface area contributed by atoms with Crippen molar-refractivity contribution in [2.45, 2.75) is 0 Å². The van der Waals surface area contributed by atoms with E-state index in [1.165, 1.54) is 12.1 Å². The van der Waals surface area contributed by atoms with Crippen molar-refractivity contribution in [2.75, 3.05) is 31.2 Å². The van der Waals surface area contributed by atoms with Gasteiger partial charge in [-0.15, -0.1) is 0 Å². The molecule has 1 fully saturated rings. The first-order chi connectivity index (χ1) is 12.6. The smallest absolute Gasteiger partial charge is 0.248 e. The lowest BCUT2D eigenvalue weighted by Gasteiger charge is -2.27. The fourth-order valence-electron chi connectivity index (χ4n) is 3.16. The molecular weight excluding hydrogens is 332 g/mol. The van der Waals surface area contributed by atoms with E-state index in [0.717, 1.165) is 5.56 Å². The Morgan fingerprint density at radius 3 is 2.46 bits per heavy atom. The summed E-state index contributed by atoms with van der Waals surface area (Å²) in [5.41, 5.74) is 7.51. The molecule has 0 aliphatic carbocycles. The van der Waals surface area contributed by atoms with Crippen molar-refractivity contribution in [3.05, 3.63) is 64.3 Å². The van der Waals surface area contributed by atoms with Gasteiger partial charge in [0.15, 0.2) is 11.3 Å². The zero-order valence-corrected chi connectivity index (χ0v) is 14.1. The highest BCUT2D eigenvalue weighted by Crippen LogP contribution is 2.31. The molecule has 1 amide bonds. The minimum atomic E-state index is -0.583. The van der Waals surface area contributed by atoms with Crippen molar-refractivity contribution < 1.29 is 13.9 Å². The third-order valence-corrected chi connectivity index (χ3v) is 4.51. The van der Waals surface area contributed by atoms with Crippen molar-refractivity contribution in [3.63, 3.8) is 0 Å². The van der Waals surface area contributed by atoms with E-state index in [2.05, 4.69) is 0 Å². The van der Waals surface area contributed by atoms with Gasteiger partial charge in [0.05, 0.1) is 18.6 Å². The van der Waals surface area contributed by atoms with Crippen LogP contribution in [0.3, 0.4) is 0 Å². The Labute approximate surface area is 149 Å². The quantitative estimate of drug-likeness (QED) is 0.784. The molecule has 0 spiro atoms. The van der Waals surface area contributed by atoms with Gasteiger partial charge in [0, 0.05) is 30.3 Å². The Morgan fingerprint density at radius 1 is 1.04 bits per heavy atom. The van der Waals surface area contributed by atoms with Gasteiger partial charge in [-0.25, -0.2) is 0 Å². The van der Waals surface area contributed by atoms with Crippen LogP contribution in [0.15, 0.2) is 57.7 Å². The molecule has 132 valence electrons. The lowest BCUT2D eigenvalue weighted by atomic mass is 9.99. The number of amides is 1. The molecule has 2 aromatic carbocycles. The van der Waals surface area contributed by atoms with Crippen molar-refractivity contribution in [1.82, 2.24) is 0 Å². The fraction of sp³-hybridized carbons (Fsp3) is 0.200. The van der Waals surface area contributed by atoms with E-state index in [1.807, 2.05) is 35.2 Å². The van der Waals surface area contributed by atoms with E-state index in [1.54, 1.807) is 6.07 Å². The number of rotatable bonds is 3. The normalized spacial score (nSPS) is 14.5. The molecule has 1 saturated heterocycles. The van der Waals surface area contributed by atoms with Crippen LogP contribution < -0.4 is 16.1 Å². The van der Waals surface area contributed by atoms with Crippen LogP contribution >= 0.6 is 0 Å². The molecule has 3 aromatic rings. The highest BCUT2D eigenvalue weighted by atomic mass is 16.5. The number of morpholine rings is 1. The third-order valence-electron chi connectivity index (χ3n) is 4.51. The molecule has 0 atom stereocenters. The van der Waals surface area contributed by atoms with Gasteiger partial charge >= 0.3 is 0 Å². The predicted octanol–water partition coefficient (Wildman–Crippen LogP) is 2.40. The molecule has 0 bridgehead atoms. The van der Waals surface area contributed by atoms with E-state index in [-0.39, 0.29) is 11.0 Å². The molecule has 2 N–H and O–H groups in total. The molecule has 6 nitrogen and oxygen atoms in total. The van der Waals surface area contributed by atoms with Crippen molar-refractivity contribution in [1.29, 1.82) is 0 Å². The second kappa shape index (κ2) is 6.65. The molecule has 4 rings (SSSR count). The summed E-state index contributed by atoms with van der Waals surface area (Å²) >= 11 is 0. The first kappa shape index (κ1) is 16.4. The Morgan fingerprint density at radius 2 is 1.77 bits per heavy atom. The summed E-state index contributed by atoms with van der Waals surface area (Å²) in [6, 6.07) is 14.1. The molecule has 0 saturated carbocycles. The maximum absolute atomic E-state index is 12.7. The summed E-state index contributed by atoms with van der Waals surface area (Å²) in [6.45, 7) is 2.50. The Kier molecular flexibility index (Phi) is 4.18. The average Bonchev–Trinajstić information content (AvgIpc) is 2.68. The summed E-state index contributed by atoms with van der Waals surface area (Å²) in [5, 5.41) is 0.345. The van der Waals surface area contributed by atoms with Crippen LogP contribution in [0.2, 0.25) is 0 Å². The van der Waals surface area contributed by atoms with Crippen LogP contribution in [0.5, 0.6) is 0 Å². The summed E-state index contributed by atoms with van der Waals surface area (Å²) in [6.07, 6.45) is 0. The fourth-order valence-corrected chi connectivity index (χ4v) is 3.16. The highest BCUT2D eigenvalue weighted by Gasteiger charge is 2.19. The number of hydrogen-bond donors (Lipinski definition) is 1. The minimum absolute atomic E-state index is 0.201. The maximum Gasteiger partial charge on any atom is 0.248 e. The second-order valence-electron chi connectivity index (χ2n) is 6.18. The minimum Gasteiger partial charge on any atom is -0.440 e. The zero-order valence-electron chi connectivity index (χ0n) is 14.1. The van der Waals surface area contributed by atoms with Crippen molar-refractivity contribution >= 4 is 22.8 Å². The van der Waals surface area contributed by atoms with E-state index >= 15 is 0 Å². The first-order valence-electron chi connectivity index (χ1n) is 8.43. The number of nitrogens with two attached hydrogens (primary N) is 1. The lowest BCUT2D eigenvalue weighted by Crippen LogP contribution is -2.36. The average molecular weight is 350 g/mol. The second-order valence-corrected chi connectivity index (χ2v) is 6.18. The monoisotopic (exact) mass is 350 g/mol. The molecule has 2 heterocycles. The number of hydrogen-bond acceptors (Lipinski definition) is 5. The molecule has 1 aliphatic heterocycles. The number of fused-ring (bicyclic) bond motifs is 1. The molecule has 26 heavy (non-hydrogen) atoms. The zero-order chi connectivity index (χ0) is 18.1. The van der Waals surface area contributed by atoms with Crippen LogP contribution in [0.25, 0.3) is 22.1 Å². The standard InChI is InChI=1S/C20H18N2O4/c21-20(24)14-10-15(13-4-2-1-3-5-13)19-16(11-14)17(23)12-18(26-19)22-6-8-25-9-7-22/h1-5,10-12H,6-9H2,(H2,21,24). The number of carbonyl (C=O) groups excluding carboxylic acids is 1. The summed E-state index contributed by atoms with van der Waals surface area (Å²) in [5.74, 6) is -0.0736. The molecule has 1 aromatic heterocycles. The first-order valence-corrected chi connectivity index (χ1v) is 8.43. The van der Waals surface area contributed by atoms with Crippen LogP contribution in [-0.2, 0) is 4.74 Å². The van der Waals surface area contributed by atoms with Crippen LogP contribution in [0.1, 0.15) is 10.4 Å². The van der Waals surface area contributed by atoms with Gasteiger partial charge in [0.25, 0.3) is 0 Å². The van der Waals surface area contributed by atoms with E-state index in [4.69, 9.17) is 14.9 Å². The molecular formula is C20H18N2O4. The van der Waals surface area contributed by atoms with Gasteiger partial charge in [-0.1, -0.05) is 30.3 Å². The van der Waals surface area contributed by atoms with Gasteiger partial charge in [-0.2, -0.15) is 0 Å². The number of anilines is 1. The van der Waals surface area contributed by atoms with Crippen LogP contribution in [0, 0.1) is 0 Å². The van der Waals surface area contributed by atoms with Crippen molar-refractivity contribution in [2.24, 2.45) is 5.73 Å². The SMILES string of the molecule is NC(=O)c1cc(-c2ccccc2)c2oc(N3CCOCC3)cc(=O)c2c1. The largest absolute Gasteiger partial charge is 0.440 e. The lowest BCUT2D eigenvalue weighted by molar-refractivity contribution is 0.100. The number of nitrogens with zero attached hydrogens (tertiary/aromatic N) is 1. The van der Waals surface area contributed by atoms with Crippen LogP contribution in [-0.4, -0.2) is 32.2 Å². The van der Waals surface area contributed by atoms with Crippen LogP contribution in [0.4, 0.5) is 5.88 Å². The Bertz CT molecular complexity index is 1020. The number of benzene rings is 2. The number of primary amides is 1. The van der Waals surface area contributed by atoms with Gasteiger partial charge in [-0.05, 0) is 17.7 Å². The Balaban J connectivity index is 1.98. The summed E-state index contributed by atoms with van der Waals surface area (Å²) in [7, 11) is 0. The molecule has 1 aliphatic rings. The number of ether oxygens (including phenoxy) is 1. The van der Waals surface area contributed by atoms with Gasteiger partial charge in [0.2, 0.25) is 5.91 Å². The van der Waals surface area contributed by atoms with Gasteiger partial charge in [0.1, 0.15) is 5.58 Å². The molecule has 0 unspecified atom stereocenters. The Hall–Kier alpha value is -3.12.